The van der Waals surface area contributed by atoms with E-state index in [-0.39, 0.29) is 0 Å². The Balaban J connectivity index is 2.64. The van der Waals surface area contributed by atoms with Crippen LogP contribution in [-0.4, -0.2) is 29.7 Å². The minimum atomic E-state index is -1.42. The summed E-state index contributed by atoms with van der Waals surface area (Å²) in [4.78, 5) is 0. The molecule has 0 aliphatic heterocycles. The highest BCUT2D eigenvalue weighted by atomic mass is 16.5. The summed E-state index contributed by atoms with van der Waals surface area (Å²) in [7, 11) is 1.48. The van der Waals surface area contributed by atoms with Crippen molar-refractivity contribution in [2.24, 2.45) is 0 Å². The van der Waals surface area contributed by atoms with E-state index in [0.717, 1.165) is 18.4 Å². The van der Waals surface area contributed by atoms with Crippen molar-refractivity contribution in [3.63, 3.8) is 0 Å². The van der Waals surface area contributed by atoms with Crippen LogP contribution in [0, 0.1) is 0 Å². The van der Waals surface area contributed by atoms with Crippen LogP contribution in [-0.2, 0) is 4.74 Å². The van der Waals surface area contributed by atoms with E-state index in [9.17, 15) is 0 Å². The number of allylic oxidation sites excluding steroid dienone is 3. The number of aliphatic hydroxyl groups is 2. The summed E-state index contributed by atoms with van der Waals surface area (Å²) in [6.45, 7) is 0. The molecule has 3 nitrogen and oxygen atoms in total. The van der Waals surface area contributed by atoms with Gasteiger partial charge in [0.1, 0.15) is 6.10 Å². The van der Waals surface area contributed by atoms with Crippen LogP contribution in [0.1, 0.15) is 12.8 Å². The van der Waals surface area contributed by atoms with Gasteiger partial charge in [0.05, 0.1) is 0 Å². The van der Waals surface area contributed by atoms with Crippen molar-refractivity contribution in [3.8, 4) is 0 Å². The molecule has 0 heterocycles. The molecule has 68 valence electrons. The van der Waals surface area contributed by atoms with Crippen LogP contribution in [0.5, 0.6) is 0 Å². The van der Waals surface area contributed by atoms with Crippen molar-refractivity contribution in [1.29, 1.82) is 0 Å². The molecule has 0 saturated heterocycles. The van der Waals surface area contributed by atoms with Crippen molar-refractivity contribution in [2.75, 3.05) is 7.11 Å². The maximum Gasteiger partial charge on any atom is 0.182 e. The number of methoxy groups -OCH3 is 1. The Bertz CT molecular complexity index is 194. The molecule has 12 heavy (non-hydrogen) atoms. The number of hydrogen-bond acceptors (Lipinski definition) is 3. The molecular weight excluding hydrogens is 156 g/mol. The average molecular weight is 170 g/mol. The van der Waals surface area contributed by atoms with Crippen molar-refractivity contribution in [3.05, 3.63) is 23.8 Å². The fourth-order valence-corrected chi connectivity index (χ4v) is 1.32. The molecule has 1 atom stereocenters. The van der Waals surface area contributed by atoms with E-state index in [4.69, 9.17) is 14.9 Å². The van der Waals surface area contributed by atoms with Crippen molar-refractivity contribution >= 4 is 0 Å². The zero-order chi connectivity index (χ0) is 8.97. The lowest BCUT2D eigenvalue weighted by Gasteiger charge is -2.21. The first-order valence-corrected chi connectivity index (χ1v) is 4.00. The largest absolute Gasteiger partial charge is 0.372 e. The van der Waals surface area contributed by atoms with E-state index >= 15 is 0 Å². The second-order valence-corrected chi connectivity index (χ2v) is 2.78. The summed E-state index contributed by atoms with van der Waals surface area (Å²) in [6, 6.07) is 0. The lowest BCUT2D eigenvalue weighted by atomic mass is 9.99. The molecule has 1 aliphatic carbocycles. The second-order valence-electron chi connectivity index (χ2n) is 2.78. The number of aliphatic hydroxyl groups excluding tert-OH is 1. The third kappa shape index (κ3) is 2.17. The molecule has 1 unspecified atom stereocenters. The molecule has 0 spiro atoms. The van der Waals surface area contributed by atoms with Crippen LogP contribution in [0.4, 0.5) is 0 Å². The number of hydrogen-bond donors (Lipinski definition) is 2. The summed E-state index contributed by atoms with van der Waals surface area (Å²) < 4.78 is 4.95. The van der Waals surface area contributed by atoms with E-state index in [2.05, 4.69) is 0 Å². The Morgan fingerprint density at radius 3 is 2.67 bits per heavy atom. The normalized spacial score (nSPS) is 19.5. The van der Waals surface area contributed by atoms with E-state index in [0.29, 0.717) is 0 Å². The predicted octanol–water partition coefficient (Wildman–Crippen LogP) is 0.588. The zero-order valence-corrected chi connectivity index (χ0v) is 7.10. The topological polar surface area (TPSA) is 49.7 Å². The fourth-order valence-electron chi connectivity index (χ4n) is 1.32. The van der Waals surface area contributed by atoms with Gasteiger partial charge in [-0.1, -0.05) is 18.2 Å². The molecule has 1 aliphatic rings. The summed E-state index contributed by atoms with van der Waals surface area (Å²) in [6.07, 6.45) is 5.61. The smallest absolute Gasteiger partial charge is 0.182 e. The molecule has 0 aromatic heterocycles. The first kappa shape index (κ1) is 9.45. The minimum absolute atomic E-state index is 0.574. The maximum atomic E-state index is 8.93. The Hall–Kier alpha value is -0.640. The molecule has 0 amide bonds. The molecule has 1 rings (SSSR count). The molecule has 2 N–H and O–H groups in total. The number of rotatable bonds is 3. The Morgan fingerprint density at radius 1 is 1.50 bits per heavy atom. The first-order chi connectivity index (χ1) is 5.75. The van der Waals surface area contributed by atoms with Crippen LogP contribution in [0.15, 0.2) is 23.8 Å². The molecule has 0 aromatic rings. The highest BCUT2D eigenvalue weighted by Crippen LogP contribution is 2.19. The van der Waals surface area contributed by atoms with Crippen molar-refractivity contribution in [2.45, 2.75) is 25.2 Å². The van der Waals surface area contributed by atoms with Gasteiger partial charge in [-0.15, -0.1) is 0 Å². The standard InChI is InChI=1S/C9H14O3/c1-12-8(9(10)11)7-5-3-2-4-6-7/h2-3,5,8-11H,4,6H2,1H3. The van der Waals surface area contributed by atoms with Gasteiger partial charge in [-0.3, -0.25) is 0 Å². The van der Waals surface area contributed by atoms with Gasteiger partial charge in [-0.2, -0.15) is 0 Å². The molecular formula is C9H14O3. The third-order valence-corrected chi connectivity index (χ3v) is 1.94. The van der Waals surface area contributed by atoms with Gasteiger partial charge in [0, 0.05) is 7.11 Å². The molecule has 0 radical (unpaired) electrons. The van der Waals surface area contributed by atoms with E-state index in [1.165, 1.54) is 7.11 Å². The third-order valence-electron chi connectivity index (χ3n) is 1.94. The summed E-state index contributed by atoms with van der Waals surface area (Å²) >= 11 is 0. The summed E-state index contributed by atoms with van der Waals surface area (Å²) in [5, 5.41) is 17.9. The maximum absolute atomic E-state index is 8.93. The van der Waals surface area contributed by atoms with E-state index in [1.807, 2.05) is 18.2 Å². The Labute approximate surface area is 72.0 Å². The van der Waals surface area contributed by atoms with E-state index < -0.39 is 12.4 Å². The molecule has 0 fully saturated rings. The zero-order valence-electron chi connectivity index (χ0n) is 7.10. The average Bonchev–Trinajstić information content (AvgIpc) is 2.07. The summed E-state index contributed by atoms with van der Waals surface area (Å²) in [5.41, 5.74) is 0.940. The van der Waals surface area contributed by atoms with Crippen LogP contribution in [0.25, 0.3) is 0 Å². The van der Waals surface area contributed by atoms with Gasteiger partial charge in [-0.25, -0.2) is 0 Å². The highest BCUT2D eigenvalue weighted by molar-refractivity contribution is 5.21. The van der Waals surface area contributed by atoms with Gasteiger partial charge in [0.2, 0.25) is 0 Å². The highest BCUT2D eigenvalue weighted by Gasteiger charge is 2.20. The van der Waals surface area contributed by atoms with Crippen molar-refractivity contribution in [1.82, 2.24) is 0 Å². The quantitative estimate of drug-likeness (QED) is 0.609. The number of ether oxygens (including phenoxy) is 1. The molecule has 3 heteroatoms. The van der Waals surface area contributed by atoms with Crippen LogP contribution >= 0.6 is 0 Å². The Kier molecular flexibility index (Phi) is 3.47. The van der Waals surface area contributed by atoms with Gasteiger partial charge >= 0.3 is 0 Å². The minimum Gasteiger partial charge on any atom is -0.372 e. The lowest BCUT2D eigenvalue weighted by Crippen LogP contribution is -2.29. The van der Waals surface area contributed by atoms with Gasteiger partial charge in [0.25, 0.3) is 0 Å². The van der Waals surface area contributed by atoms with Crippen LogP contribution in [0.2, 0.25) is 0 Å². The summed E-state index contributed by atoms with van der Waals surface area (Å²) in [5.74, 6) is 0. The monoisotopic (exact) mass is 170 g/mol. The van der Waals surface area contributed by atoms with Gasteiger partial charge in [0.15, 0.2) is 6.29 Å². The Morgan fingerprint density at radius 2 is 2.25 bits per heavy atom. The fraction of sp³-hybridized carbons (Fsp3) is 0.556. The van der Waals surface area contributed by atoms with Gasteiger partial charge < -0.3 is 14.9 Å². The molecule has 0 bridgehead atoms. The SMILES string of the molecule is COC(C1=CC=CCC1)C(O)O. The molecule has 0 saturated carbocycles. The lowest BCUT2D eigenvalue weighted by molar-refractivity contribution is -0.121. The first-order valence-electron chi connectivity index (χ1n) is 4.00. The molecule has 0 aromatic carbocycles. The predicted molar refractivity (Wildman–Crippen MR) is 45.5 cm³/mol. The van der Waals surface area contributed by atoms with Crippen molar-refractivity contribution < 1.29 is 14.9 Å². The second kappa shape index (κ2) is 4.40. The van der Waals surface area contributed by atoms with Gasteiger partial charge in [-0.05, 0) is 18.4 Å². The van der Waals surface area contributed by atoms with Crippen LogP contribution in [0.3, 0.4) is 0 Å². The van der Waals surface area contributed by atoms with Crippen LogP contribution < -0.4 is 0 Å². The van der Waals surface area contributed by atoms with E-state index in [1.54, 1.807) is 0 Å².